The molecule has 1 heterocycles. The lowest BCUT2D eigenvalue weighted by molar-refractivity contribution is -0.142. The first-order valence-corrected chi connectivity index (χ1v) is 5.24. The van der Waals surface area contributed by atoms with Gasteiger partial charge in [-0.15, -0.1) is 0 Å². The molecule has 2 rings (SSSR count). The summed E-state index contributed by atoms with van der Waals surface area (Å²) < 4.78 is 5.08. The Morgan fingerprint density at radius 2 is 2.00 bits per heavy atom. The zero-order valence-corrected chi connectivity index (χ0v) is 8.08. The summed E-state index contributed by atoms with van der Waals surface area (Å²) >= 11 is 0. The van der Waals surface area contributed by atoms with Crippen LogP contribution < -0.4 is 5.32 Å². The highest BCUT2D eigenvalue weighted by atomic mass is 16.6. The number of cyclic esters (lactones) is 1. The summed E-state index contributed by atoms with van der Waals surface area (Å²) in [5.41, 5.74) is 0. The Morgan fingerprint density at radius 1 is 1.31 bits per heavy atom. The summed E-state index contributed by atoms with van der Waals surface area (Å²) in [5, 5.41) is 3.20. The molecule has 1 saturated heterocycles. The summed E-state index contributed by atoms with van der Waals surface area (Å²) in [6.45, 7) is 1.89. The van der Waals surface area contributed by atoms with Gasteiger partial charge in [0, 0.05) is 0 Å². The van der Waals surface area contributed by atoms with Crippen molar-refractivity contribution in [2.24, 2.45) is 5.92 Å². The highest BCUT2D eigenvalue weighted by Crippen LogP contribution is 2.28. The number of carbonyl (C=O) groups is 1. The third-order valence-corrected chi connectivity index (χ3v) is 3.08. The molecule has 2 fully saturated rings. The van der Waals surface area contributed by atoms with E-state index in [1.807, 2.05) is 6.92 Å². The molecule has 0 spiro atoms. The van der Waals surface area contributed by atoms with Gasteiger partial charge in [-0.1, -0.05) is 19.3 Å². The predicted molar refractivity (Wildman–Crippen MR) is 49.1 cm³/mol. The fourth-order valence-electron chi connectivity index (χ4n) is 2.40. The Morgan fingerprint density at radius 3 is 2.54 bits per heavy atom. The van der Waals surface area contributed by atoms with Gasteiger partial charge in [0.15, 0.2) is 6.23 Å². The normalized spacial score (nSPS) is 36.2. The minimum atomic E-state index is -0.0839. The highest BCUT2D eigenvalue weighted by molar-refractivity contribution is 5.78. The molecule has 2 atom stereocenters. The van der Waals surface area contributed by atoms with Gasteiger partial charge >= 0.3 is 5.97 Å². The van der Waals surface area contributed by atoms with Crippen molar-refractivity contribution < 1.29 is 9.53 Å². The lowest BCUT2D eigenvalue weighted by Gasteiger charge is -2.24. The van der Waals surface area contributed by atoms with E-state index < -0.39 is 0 Å². The maximum absolute atomic E-state index is 11.4. The topological polar surface area (TPSA) is 38.3 Å². The van der Waals surface area contributed by atoms with E-state index in [0.29, 0.717) is 5.92 Å². The molecule has 0 amide bonds. The number of esters is 1. The lowest BCUT2D eigenvalue weighted by Crippen LogP contribution is -2.38. The minimum Gasteiger partial charge on any atom is -0.446 e. The average molecular weight is 183 g/mol. The van der Waals surface area contributed by atoms with Crippen LogP contribution in [0.15, 0.2) is 0 Å². The Balaban J connectivity index is 1.95. The minimum absolute atomic E-state index is 0.0182. The number of ether oxygens (including phenoxy) is 1. The number of rotatable bonds is 1. The van der Waals surface area contributed by atoms with E-state index >= 15 is 0 Å². The van der Waals surface area contributed by atoms with Crippen LogP contribution in [0.1, 0.15) is 39.0 Å². The van der Waals surface area contributed by atoms with Crippen LogP contribution in [-0.2, 0) is 9.53 Å². The Labute approximate surface area is 78.8 Å². The van der Waals surface area contributed by atoms with Crippen molar-refractivity contribution in [2.75, 3.05) is 0 Å². The van der Waals surface area contributed by atoms with Gasteiger partial charge in [0.25, 0.3) is 0 Å². The molecular weight excluding hydrogens is 166 g/mol. The molecule has 13 heavy (non-hydrogen) atoms. The summed E-state index contributed by atoms with van der Waals surface area (Å²) in [4.78, 5) is 11.4. The van der Waals surface area contributed by atoms with Crippen LogP contribution in [0, 0.1) is 5.92 Å². The molecule has 0 aromatic heterocycles. The van der Waals surface area contributed by atoms with Gasteiger partial charge in [0.2, 0.25) is 0 Å². The summed E-state index contributed by atoms with van der Waals surface area (Å²) in [7, 11) is 0. The maximum atomic E-state index is 11.4. The van der Waals surface area contributed by atoms with E-state index in [1.54, 1.807) is 0 Å². The molecule has 2 unspecified atom stereocenters. The zero-order valence-electron chi connectivity index (χ0n) is 8.08. The number of carbonyl (C=O) groups excluding carboxylic acids is 1. The monoisotopic (exact) mass is 183 g/mol. The van der Waals surface area contributed by atoms with Crippen LogP contribution in [-0.4, -0.2) is 18.2 Å². The molecule has 74 valence electrons. The smallest absolute Gasteiger partial charge is 0.325 e. The van der Waals surface area contributed by atoms with Crippen LogP contribution in [0.3, 0.4) is 0 Å². The van der Waals surface area contributed by atoms with Gasteiger partial charge in [0.1, 0.15) is 6.04 Å². The first-order valence-electron chi connectivity index (χ1n) is 5.24. The molecule has 1 aliphatic heterocycles. The fraction of sp³-hybridized carbons (Fsp3) is 0.900. The van der Waals surface area contributed by atoms with E-state index in [2.05, 4.69) is 5.32 Å². The van der Waals surface area contributed by atoms with Gasteiger partial charge in [-0.25, -0.2) is 0 Å². The Kier molecular flexibility index (Phi) is 2.54. The molecule has 1 aliphatic carbocycles. The van der Waals surface area contributed by atoms with Gasteiger partial charge in [-0.2, -0.15) is 0 Å². The fourth-order valence-corrected chi connectivity index (χ4v) is 2.40. The molecule has 3 nitrogen and oxygen atoms in total. The van der Waals surface area contributed by atoms with Crippen LogP contribution in [0.25, 0.3) is 0 Å². The van der Waals surface area contributed by atoms with E-state index in [-0.39, 0.29) is 18.2 Å². The van der Waals surface area contributed by atoms with Crippen molar-refractivity contribution in [3.8, 4) is 0 Å². The van der Waals surface area contributed by atoms with Crippen LogP contribution in [0.2, 0.25) is 0 Å². The molecule has 2 aliphatic rings. The third kappa shape index (κ3) is 1.85. The molecule has 1 saturated carbocycles. The van der Waals surface area contributed by atoms with Crippen molar-refractivity contribution in [3.63, 3.8) is 0 Å². The van der Waals surface area contributed by atoms with E-state index in [9.17, 15) is 4.79 Å². The average Bonchev–Trinajstić information content (AvgIpc) is 2.47. The number of nitrogens with one attached hydrogen (secondary N) is 1. The molecule has 0 aromatic carbocycles. The molecule has 0 radical (unpaired) electrons. The number of hydrogen-bond acceptors (Lipinski definition) is 3. The second kappa shape index (κ2) is 3.66. The SMILES string of the molecule is CC1NC(C2CCCCC2)C(=O)O1. The quantitative estimate of drug-likeness (QED) is 0.625. The number of hydrogen-bond donors (Lipinski definition) is 1. The highest BCUT2D eigenvalue weighted by Gasteiger charge is 2.37. The van der Waals surface area contributed by atoms with Gasteiger partial charge in [-0.3, -0.25) is 10.1 Å². The van der Waals surface area contributed by atoms with Crippen molar-refractivity contribution >= 4 is 5.97 Å². The first-order chi connectivity index (χ1) is 6.27. The molecule has 0 bridgehead atoms. The Bertz CT molecular complexity index is 199. The van der Waals surface area contributed by atoms with Crippen LogP contribution >= 0.6 is 0 Å². The van der Waals surface area contributed by atoms with Crippen molar-refractivity contribution in [1.82, 2.24) is 5.32 Å². The molecule has 3 heteroatoms. The summed E-state index contributed by atoms with van der Waals surface area (Å²) in [5.74, 6) is 0.477. The molecule has 0 aromatic rings. The van der Waals surface area contributed by atoms with Gasteiger partial charge in [-0.05, 0) is 25.7 Å². The van der Waals surface area contributed by atoms with Crippen molar-refractivity contribution in [1.29, 1.82) is 0 Å². The van der Waals surface area contributed by atoms with E-state index in [0.717, 1.165) is 0 Å². The lowest BCUT2D eigenvalue weighted by atomic mass is 9.84. The first kappa shape index (κ1) is 9.00. The van der Waals surface area contributed by atoms with Crippen LogP contribution in [0.5, 0.6) is 0 Å². The standard InChI is InChI=1S/C10H17NO2/c1-7-11-9(10(12)13-7)8-5-3-2-4-6-8/h7-9,11H,2-6H2,1H3. The zero-order chi connectivity index (χ0) is 9.26. The summed E-state index contributed by atoms with van der Waals surface area (Å²) in [6.07, 6.45) is 6.14. The summed E-state index contributed by atoms with van der Waals surface area (Å²) in [6, 6.07) is -0.0182. The Hall–Kier alpha value is -0.570. The largest absolute Gasteiger partial charge is 0.446 e. The van der Waals surface area contributed by atoms with Crippen LogP contribution in [0.4, 0.5) is 0 Å². The molecule has 1 N–H and O–H groups in total. The maximum Gasteiger partial charge on any atom is 0.325 e. The van der Waals surface area contributed by atoms with Crippen molar-refractivity contribution in [3.05, 3.63) is 0 Å². The third-order valence-electron chi connectivity index (χ3n) is 3.08. The van der Waals surface area contributed by atoms with E-state index in [4.69, 9.17) is 4.74 Å². The predicted octanol–water partition coefficient (Wildman–Crippen LogP) is 1.43. The van der Waals surface area contributed by atoms with Gasteiger partial charge < -0.3 is 4.74 Å². The second-order valence-electron chi connectivity index (χ2n) is 4.12. The van der Waals surface area contributed by atoms with E-state index in [1.165, 1.54) is 32.1 Å². The van der Waals surface area contributed by atoms with Gasteiger partial charge in [0.05, 0.1) is 0 Å². The second-order valence-corrected chi connectivity index (χ2v) is 4.12. The van der Waals surface area contributed by atoms with Crippen molar-refractivity contribution in [2.45, 2.75) is 51.3 Å². The molecular formula is C10H17NO2.